The SMILES string of the molecule is COc1ccccc1C(C(N)=O)(c1ccccc1)N(CCc1c[nH]c2ccccc12)C(=O)CCN. The van der Waals surface area contributed by atoms with Crippen LogP contribution in [0, 0.1) is 0 Å². The van der Waals surface area contributed by atoms with Crippen LogP contribution in [0.5, 0.6) is 5.75 Å². The quantitative estimate of drug-likeness (QED) is 0.330. The number of H-pyrrole nitrogens is 1. The van der Waals surface area contributed by atoms with Gasteiger partial charge in [-0.3, -0.25) is 9.59 Å². The van der Waals surface area contributed by atoms with E-state index in [1.807, 2.05) is 72.9 Å². The minimum atomic E-state index is -1.59. The normalized spacial score (nSPS) is 12.7. The Balaban J connectivity index is 1.91. The number of hydrogen-bond acceptors (Lipinski definition) is 4. The molecule has 4 rings (SSSR count). The molecule has 0 spiro atoms. The van der Waals surface area contributed by atoms with Gasteiger partial charge in [-0.25, -0.2) is 0 Å². The first-order valence-corrected chi connectivity index (χ1v) is 11.6. The molecule has 1 aromatic heterocycles. The first-order valence-electron chi connectivity index (χ1n) is 11.6. The molecule has 0 saturated carbocycles. The number of amides is 2. The molecule has 7 nitrogen and oxygen atoms in total. The zero-order chi connectivity index (χ0) is 24.8. The number of aromatic amines is 1. The largest absolute Gasteiger partial charge is 0.496 e. The van der Waals surface area contributed by atoms with Crippen LogP contribution >= 0.6 is 0 Å². The summed E-state index contributed by atoms with van der Waals surface area (Å²) in [7, 11) is 1.54. The van der Waals surface area contributed by atoms with Crippen LogP contribution in [-0.4, -0.2) is 41.9 Å². The van der Waals surface area contributed by atoms with Crippen molar-refractivity contribution in [1.82, 2.24) is 9.88 Å². The fourth-order valence-corrected chi connectivity index (χ4v) is 4.80. The zero-order valence-corrected chi connectivity index (χ0v) is 19.7. The molecule has 0 bridgehead atoms. The van der Waals surface area contributed by atoms with E-state index in [9.17, 15) is 9.59 Å². The van der Waals surface area contributed by atoms with Gasteiger partial charge in [-0.1, -0.05) is 66.7 Å². The van der Waals surface area contributed by atoms with E-state index in [4.69, 9.17) is 16.2 Å². The molecule has 0 fully saturated rings. The minimum Gasteiger partial charge on any atom is -0.496 e. The highest BCUT2D eigenvalue weighted by atomic mass is 16.5. The van der Waals surface area contributed by atoms with Gasteiger partial charge in [-0.2, -0.15) is 0 Å². The van der Waals surface area contributed by atoms with Crippen molar-refractivity contribution in [3.05, 3.63) is 102 Å². The molecule has 7 heteroatoms. The number of para-hydroxylation sites is 2. The van der Waals surface area contributed by atoms with E-state index in [2.05, 4.69) is 4.98 Å². The molecular weight excluding hydrogens is 440 g/mol. The van der Waals surface area contributed by atoms with Gasteiger partial charge in [0.25, 0.3) is 5.91 Å². The van der Waals surface area contributed by atoms with E-state index in [0.717, 1.165) is 16.5 Å². The number of aromatic nitrogens is 1. The number of nitrogens with one attached hydrogen (secondary N) is 1. The number of methoxy groups -OCH3 is 1. The highest BCUT2D eigenvalue weighted by Crippen LogP contribution is 2.41. The third-order valence-electron chi connectivity index (χ3n) is 6.39. The maximum absolute atomic E-state index is 13.7. The van der Waals surface area contributed by atoms with Gasteiger partial charge >= 0.3 is 0 Å². The van der Waals surface area contributed by atoms with E-state index in [1.165, 1.54) is 7.11 Å². The summed E-state index contributed by atoms with van der Waals surface area (Å²) in [5, 5.41) is 1.07. The molecule has 0 aliphatic carbocycles. The number of rotatable bonds is 10. The summed E-state index contributed by atoms with van der Waals surface area (Å²) in [5.74, 6) is -0.466. The molecule has 2 amide bonds. The molecule has 0 radical (unpaired) electrons. The molecule has 5 N–H and O–H groups in total. The van der Waals surface area contributed by atoms with E-state index >= 15 is 0 Å². The van der Waals surface area contributed by atoms with Crippen molar-refractivity contribution in [2.24, 2.45) is 11.5 Å². The highest BCUT2D eigenvalue weighted by molar-refractivity contribution is 5.96. The molecule has 0 aliphatic heterocycles. The summed E-state index contributed by atoms with van der Waals surface area (Å²) < 4.78 is 5.65. The number of hydrogen-bond donors (Lipinski definition) is 3. The molecule has 4 aromatic rings. The van der Waals surface area contributed by atoms with Gasteiger partial charge in [0.05, 0.1) is 7.11 Å². The fraction of sp³-hybridized carbons (Fsp3) is 0.214. The molecule has 3 aromatic carbocycles. The summed E-state index contributed by atoms with van der Waals surface area (Å²) in [5.41, 5.74) is 13.5. The molecular formula is C28H30N4O3. The van der Waals surface area contributed by atoms with Crippen molar-refractivity contribution < 1.29 is 14.3 Å². The van der Waals surface area contributed by atoms with Gasteiger partial charge < -0.3 is 26.1 Å². The fourth-order valence-electron chi connectivity index (χ4n) is 4.80. The summed E-state index contributed by atoms with van der Waals surface area (Å²) >= 11 is 0. The van der Waals surface area contributed by atoms with Crippen LogP contribution in [0.3, 0.4) is 0 Å². The molecule has 180 valence electrons. The third-order valence-corrected chi connectivity index (χ3v) is 6.39. The average molecular weight is 471 g/mol. The van der Waals surface area contributed by atoms with Gasteiger partial charge in [0, 0.05) is 42.2 Å². The van der Waals surface area contributed by atoms with Crippen molar-refractivity contribution >= 4 is 22.7 Å². The number of primary amides is 1. The van der Waals surface area contributed by atoms with Gasteiger partial charge in [0.1, 0.15) is 5.75 Å². The smallest absolute Gasteiger partial charge is 0.252 e. The number of carbonyl (C=O) groups is 2. The minimum absolute atomic E-state index is 0.0743. The van der Waals surface area contributed by atoms with E-state index in [1.54, 1.807) is 17.0 Å². The zero-order valence-electron chi connectivity index (χ0n) is 19.7. The Kier molecular flexibility index (Phi) is 7.17. The Morgan fingerprint density at radius 3 is 2.37 bits per heavy atom. The first-order chi connectivity index (χ1) is 17.0. The number of benzene rings is 3. The van der Waals surface area contributed by atoms with Crippen molar-refractivity contribution in [3.8, 4) is 5.75 Å². The van der Waals surface area contributed by atoms with E-state index < -0.39 is 11.4 Å². The van der Waals surface area contributed by atoms with Crippen LogP contribution in [0.1, 0.15) is 23.1 Å². The average Bonchev–Trinajstić information content (AvgIpc) is 3.30. The van der Waals surface area contributed by atoms with Crippen LogP contribution in [0.25, 0.3) is 10.9 Å². The molecule has 1 atom stereocenters. The van der Waals surface area contributed by atoms with Crippen LogP contribution in [0.4, 0.5) is 0 Å². The standard InChI is InChI=1S/C28H30N4O3/c1-35-25-14-8-6-12-23(25)28(27(30)34,21-9-3-2-4-10-21)32(26(33)15-17-29)18-16-20-19-31-24-13-7-5-11-22(20)24/h2-14,19,31H,15-18,29H2,1H3,(H2,30,34). The summed E-state index contributed by atoms with van der Waals surface area (Å²) in [4.78, 5) is 32.0. The van der Waals surface area contributed by atoms with Crippen molar-refractivity contribution in [2.45, 2.75) is 18.4 Å². The summed E-state index contributed by atoms with van der Waals surface area (Å²) in [6.07, 6.45) is 2.52. The predicted octanol–water partition coefficient (Wildman–Crippen LogP) is 3.33. The van der Waals surface area contributed by atoms with Crippen LogP contribution in [0.2, 0.25) is 0 Å². The van der Waals surface area contributed by atoms with Gasteiger partial charge in [-0.15, -0.1) is 0 Å². The highest BCUT2D eigenvalue weighted by Gasteiger charge is 2.49. The molecule has 35 heavy (non-hydrogen) atoms. The number of carbonyl (C=O) groups excluding carboxylic acids is 2. The predicted molar refractivity (Wildman–Crippen MR) is 137 cm³/mol. The lowest BCUT2D eigenvalue weighted by Gasteiger charge is -2.43. The number of ether oxygens (including phenoxy) is 1. The topological polar surface area (TPSA) is 114 Å². The Bertz CT molecular complexity index is 1320. The maximum Gasteiger partial charge on any atom is 0.252 e. The molecule has 0 saturated heterocycles. The van der Waals surface area contributed by atoms with Crippen molar-refractivity contribution in [2.75, 3.05) is 20.2 Å². The van der Waals surface area contributed by atoms with Crippen molar-refractivity contribution in [1.29, 1.82) is 0 Å². The monoisotopic (exact) mass is 470 g/mol. The lowest BCUT2D eigenvalue weighted by atomic mass is 9.79. The number of fused-ring (bicyclic) bond motifs is 1. The van der Waals surface area contributed by atoms with Gasteiger partial charge in [0.2, 0.25) is 5.91 Å². The molecule has 0 aliphatic rings. The summed E-state index contributed by atoms with van der Waals surface area (Å²) in [6.45, 7) is 0.397. The van der Waals surface area contributed by atoms with Crippen molar-refractivity contribution in [3.63, 3.8) is 0 Å². The Morgan fingerprint density at radius 2 is 1.66 bits per heavy atom. The Hall–Kier alpha value is -4.10. The first kappa shape index (κ1) is 24.0. The molecule has 1 heterocycles. The number of nitrogens with zero attached hydrogens (tertiary/aromatic N) is 1. The van der Waals surface area contributed by atoms with Gasteiger partial charge in [0.15, 0.2) is 5.54 Å². The second-order valence-corrected chi connectivity index (χ2v) is 8.33. The maximum atomic E-state index is 13.7. The second-order valence-electron chi connectivity index (χ2n) is 8.33. The van der Waals surface area contributed by atoms with Crippen LogP contribution in [0.15, 0.2) is 85.1 Å². The van der Waals surface area contributed by atoms with E-state index in [0.29, 0.717) is 23.3 Å². The van der Waals surface area contributed by atoms with E-state index in [-0.39, 0.29) is 25.4 Å². The Morgan fingerprint density at radius 1 is 0.971 bits per heavy atom. The van der Waals surface area contributed by atoms with Gasteiger partial charge in [-0.05, 0) is 29.7 Å². The lowest BCUT2D eigenvalue weighted by Crippen LogP contribution is -2.58. The lowest BCUT2D eigenvalue weighted by molar-refractivity contribution is -0.144. The summed E-state index contributed by atoms with van der Waals surface area (Å²) in [6, 6.07) is 24.3. The number of nitrogens with two attached hydrogens (primary N) is 2. The third kappa shape index (κ3) is 4.38. The van der Waals surface area contributed by atoms with Crippen LogP contribution < -0.4 is 16.2 Å². The van der Waals surface area contributed by atoms with Crippen LogP contribution in [-0.2, 0) is 21.5 Å². The molecule has 1 unspecified atom stereocenters. The Labute approximate surface area is 204 Å². The second kappa shape index (κ2) is 10.4.